The van der Waals surface area contributed by atoms with Crippen LogP contribution in [0.25, 0.3) is 0 Å². The Morgan fingerprint density at radius 2 is 1.68 bits per heavy atom. The number of benzene rings is 1. The molecule has 3 saturated heterocycles. The highest BCUT2D eigenvalue weighted by Gasteiger charge is 2.45. The van der Waals surface area contributed by atoms with Crippen LogP contribution in [0.5, 0.6) is 0 Å². The number of nitrogens with one attached hydrogen (secondary N) is 1. The zero-order valence-electron chi connectivity index (χ0n) is 14.8. The van der Waals surface area contributed by atoms with Gasteiger partial charge in [0.2, 0.25) is 0 Å². The van der Waals surface area contributed by atoms with E-state index in [2.05, 4.69) is 35.6 Å². The number of hydrogen-bond acceptors (Lipinski definition) is 3. The quantitative estimate of drug-likeness (QED) is 0.897. The first-order valence-electron chi connectivity index (χ1n) is 9.73. The van der Waals surface area contributed by atoms with E-state index in [1.165, 1.54) is 5.56 Å². The van der Waals surface area contributed by atoms with Gasteiger partial charge in [-0.3, -0.25) is 0 Å². The molecule has 4 rings (SSSR count). The van der Waals surface area contributed by atoms with Gasteiger partial charge >= 0.3 is 0 Å². The van der Waals surface area contributed by atoms with Crippen molar-refractivity contribution in [3.63, 3.8) is 0 Å². The van der Waals surface area contributed by atoms with E-state index in [4.69, 9.17) is 0 Å². The van der Waals surface area contributed by atoms with Crippen molar-refractivity contribution < 1.29 is 8.42 Å². The van der Waals surface area contributed by atoms with Gasteiger partial charge in [-0.1, -0.05) is 36.8 Å². The number of hydrogen-bond donors (Lipinski definition) is 1. The van der Waals surface area contributed by atoms with E-state index in [1.807, 2.05) is 4.31 Å². The SMILES string of the molecule is O=S(=O)(N1CCCC1)N1CC[C@H](c2ccccc2)[C@H]2NCCCC[C@H]21. The Morgan fingerprint density at radius 1 is 0.920 bits per heavy atom. The lowest BCUT2D eigenvalue weighted by Gasteiger charge is -2.45. The molecule has 1 aromatic rings. The maximum absolute atomic E-state index is 13.2. The van der Waals surface area contributed by atoms with E-state index in [0.29, 0.717) is 25.6 Å². The zero-order chi connectivity index (χ0) is 17.3. The summed E-state index contributed by atoms with van der Waals surface area (Å²) < 4.78 is 30.0. The van der Waals surface area contributed by atoms with Gasteiger partial charge in [0.15, 0.2) is 0 Å². The summed E-state index contributed by atoms with van der Waals surface area (Å²) in [5.41, 5.74) is 1.34. The van der Waals surface area contributed by atoms with Crippen LogP contribution in [0, 0.1) is 0 Å². The van der Waals surface area contributed by atoms with Gasteiger partial charge in [-0.2, -0.15) is 17.0 Å². The minimum atomic E-state index is -3.33. The topological polar surface area (TPSA) is 52.7 Å². The first-order valence-corrected chi connectivity index (χ1v) is 11.1. The van der Waals surface area contributed by atoms with Crippen molar-refractivity contribution in [1.29, 1.82) is 0 Å². The van der Waals surface area contributed by atoms with Gasteiger partial charge in [0.1, 0.15) is 0 Å². The van der Waals surface area contributed by atoms with Gasteiger partial charge in [-0.15, -0.1) is 0 Å². The van der Waals surface area contributed by atoms with Crippen LogP contribution in [0.15, 0.2) is 30.3 Å². The average molecular weight is 364 g/mol. The van der Waals surface area contributed by atoms with Gasteiger partial charge in [-0.05, 0) is 44.2 Å². The molecule has 0 saturated carbocycles. The summed E-state index contributed by atoms with van der Waals surface area (Å²) in [5.74, 6) is 0.398. The molecule has 25 heavy (non-hydrogen) atoms. The second kappa shape index (κ2) is 7.35. The van der Waals surface area contributed by atoms with Crippen LogP contribution in [0.1, 0.15) is 50.0 Å². The van der Waals surface area contributed by atoms with Gasteiger partial charge in [0, 0.05) is 37.6 Å². The molecule has 3 atom stereocenters. The molecule has 0 bridgehead atoms. The fraction of sp³-hybridized carbons (Fsp3) is 0.684. The van der Waals surface area contributed by atoms with Crippen molar-refractivity contribution >= 4 is 10.2 Å². The normalized spacial score (nSPS) is 32.2. The maximum Gasteiger partial charge on any atom is 0.282 e. The number of rotatable bonds is 3. The molecule has 0 radical (unpaired) electrons. The summed E-state index contributed by atoms with van der Waals surface area (Å²) in [6.07, 6.45) is 6.07. The molecule has 0 aliphatic carbocycles. The first-order chi connectivity index (χ1) is 12.2. The summed E-state index contributed by atoms with van der Waals surface area (Å²) >= 11 is 0. The van der Waals surface area contributed by atoms with Crippen LogP contribution in [-0.4, -0.2) is 55.3 Å². The maximum atomic E-state index is 13.2. The number of nitrogens with zero attached hydrogens (tertiary/aromatic N) is 2. The molecule has 0 amide bonds. The fourth-order valence-corrected chi connectivity index (χ4v) is 6.77. The molecule has 0 aromatic heterocycles. The molecule has 5 nitrogen and oxygen atoms in total. The second-order valence-corrected chi connectivity index (χ2v) is 9.45. The minimum absolute atomic E-state index is 0.0760. The van der Waals surface area contributed by atoms with E-state index in [1.54, 1.807) is 4.31 Å². The average Bonchev–Trinajstić information content (AvgIpc) is 3.08. The summed E-state index contributed by atoms with van der Waals surface area (Å²) in [5, 5.41) is 3.70. The smallest absolute Gasteiger partial charge is 0.282 e. The lowest BCUT2D eigenvalue weighted by Crippen LogP contribution is -2.60. The molecule has 3 aliphatic rings. The predicted octanol–water partition coefficient (Wildman–Crippen LogP) is 2.33. The largest absolute Gasteiger partial charge is 0.312 e. The van der Waals surface area contributed by atoms with Crippen molar-refractivity contribution in [2.75, 3.05) is 26.2 Å². The standard InChI is InChI=1S/C19H29N3O2S/c23-25(24,21-13-6-7-14-21)22-15-11-17(16-8-2-1-3-9-16)19-18(22)10-4-5-12-20-19/h1-3,8-9,17-20H,4-7,10-15H2/t17-,18-,19-/m1/s1. The molecule has 3 fully saturated rings. The molecule has 0 unspecified atom stereocenters. The molecular formula is C19H29N3O2S. The molecule has 6 heteroatoms. The van der Waals surface area contributed by atoms with E-state index in [9.17, 15) is 8.42 Å². The molecular weight excluding hydrogens is 334 g/mol. The summed E-state index contributed by atoms with van der Waals surface area (Å²) in [7, 11) is -3.33. The third-order valence-electron chi connectivity index (χ3n) is 6.10. The highest BCUT2D eigenvalue weighted by molar-refractivity contribution is 7.86. The van der Waals surface area contributed by atoms with Crippen molar-refractivity contribution in [2.24, 2.45) is 0 Å². The van der Waals surface area contributed by atoms with Crippen molar-refractivity contribution in [2.45, 2.75) is 56.5 Å². The predicted molar refractivity (Wildman–Crippen MR) is 99.7 cm³/mol. The fourth-order valence-electron chi connectivity index (χ4n) is 4.84. The molecule has 0 spiro atoms. The Morgan fingerprint density at radius 3 is 2.44 bits per heavy atom. The first kappa shape index (κ1) is 17.5. The van der Waals surface area contributed by atoms with Crippen molar-refractivity contribution in [3.05, 3.63) is 35.9 Å². The van der Waals surface area contributed by atoms with E-state index >= 15 is 0 Å². The Bertz CT molecular complexity index is 673. The van der Waals surface area contributed by atoms with Crippen LogP contribution < -0.4 is 5.32 Å². The lowest BCUT2D eigenvalue weighted by atomic mass is 9.81. The molecule has 138 valence electrons. The number of fused-ring (bicyclic) bond motifs is 1. The summed E-state index contributed by atoms with van der Waals surface area (Å²) in [6.45, 7) is 3.00. The summed E-state index contributed by atoms with van der Waals surface area (Å²) in [6, 6.07) is 10.9. The molecule has 3 aliphatic heterocycles. The van der Waals surface area contributed by atoms with Crippen molar-refractivity contribution in [1.82, 2.24) is 13.9 Å². The molecule has 3 heterocycles. The van der Waals surface area contributed by atoms with Gasteiger partial charge in [-0.25, -0.2) is 0 Å². The van der Waals surface area contributed by atoms with E-state index < -0.39 is 10.2 Å². The van der Waals surface area contributed by atoms with Crippen molar-refractivity contribution in [3.8, 4) is 0 Å². The van der Waals surface area contributed by atoms with Crippen LogP contribution >= 0.6 is 0 Å². The van der Waals surface area contributed by atoms with Gasteiger partial charge in [0.05, 0.1) is 0 Å². The Labute approximate surface area is 151 Å². The zero-order valence-corrected chi connectivity index (χ0v) is 15.6. The highest BCUT2D eigenvalue weighted by Crippen LogP contribution is 2.37. The van der Waals surface area contributed by atoms with Crippen LogP contribution in [0.2, 0.25) is 0 Å². The summed E-state index contributed by atoms with van der Waals surface area (Å²) in [4.78, 5) is 0. The Kier molecular flexibility index (Phi) is 5.13. The van der Waals surface area contributed by atoms with Gasteiger partial charge in [0.25, 0.3) is 10.2 Å². The Balaban J connectivity index is 1.63. The van der Waals surface area contributed by atoms with E-state index in [0.717, 1.165) is 45.1 Å². The Hall–Kier alpha value is -0.950. The molecule has 1 N–H and O–H groups in total. The van der Waals surface area contributed by atoms with Crippen LogP contribution in [0.3, 0.4) is 0 Å². The van der Waals surface area contributed by atoms with Crippen LogP contribution in [0.4, 0.5) is 0 Å². The minimum Gasteiger partial charge on any atom is -0.312 e. The highest BCUT2D eigenvalue weighted by atomic mass is 32.2. The molecule has 1 aromatic carbocycles. The third-order valence-corrected chi connectivity index (χ3v) is 8.16. The second-order valence-electron chi connectivity index (χ2n) is 7.57. The van der Waals surface area contributed by atoms with Crippen LogP contribution in [-0.2, 0) is 10.2 Å². The third kappa shape index (κ3) is 3.37. The lowest BCUT2D eigenvalue weighted by molar-refractivity contribution is 0.166. The van der Waals surface area contributed by atoms with Gasteiger partial charge < -0.3 is 5.32 Å². The van der Waals surface area contributed by atoms with E-state index in [-0.39, 0.29) is 12.1 Å². The monoisotopic (exact) mass is 363 g/mol. The number of piperidine rings is 1.